The fraction of sp³-hybridized carbons (Fsp3) is 0.500. The monoisotopic (exact) mass is 278 g/mol. The Bertz CT molecular complexity index is 399. The van der Waals surface area contributed by atoms with E-state index in [0.717, 1.165) is 18.4 Å². The molecule has 1 aliphatic rings. The van der Waals surface area contributed by atoms with Crippen molar-refractivity contribution in [2.75, 3.05) is 0 Å². The van der Waals surface area contributed by atoms with Gasteiger partial charge in [-0.05, 0) is 31.4 Å². The van der Waals surface area contributed by atoms with Gasteiger partial charge in [-0.3, -0.25) is 0 Å². The van der Waals surface area contributed by atoms with Crippen LogP contribution in [0.2, 0.25) is 5.02 Å². The fourth-order valence-electron chi connectivity index (χ4n) is 1.83. The molecule has 88 valence electrons. The molecule has 2 atom stereocenters. The summed E-state index contributed by atoms with van der Waals surface area (Å²) in [4.78, 5) is -0.599. The maximum atomic E-state index is 10.4. The van der Waals surface area contributed by atoms with Crippen molar-refractivity contribution < 1.29 is 5.11 Å². The second-order valence-electron chi connectivity index (χ2n) is 4.50. The summed E-state index contributed by atoms with van der Waals surface area (Å²) < 4.78 is 0. The van der Waals surface area contributed by atoms with E-state index in [1.807, 2.05) is 18.2 Å². The molecule has 0 bridgehead atoms. The Hall–Kier alpha value is 0.0500. The van der Waals surface area contributed by atoms with E-state index in [0.29, 0.717) is 5.02 Å². The van der Waals surface area contributed by atoms with E-state index >= 15 is 0 Å². The number of hydrogen-bond acceptors (Lipinski definition) is 1. The van der Waals surface area contributed by atoms with Crippen molar-refractivity contribution in [3.05, 3.63) is 34.9 Å². The molecule has 0 aliphatic heterocycles. The zero-order valence-electron chi connectivity index (χ0n) is 8.88. The molecule has 2 rings (SSSR count). The lowest BCUT2D eigenvalue weighted by atomic mass is 9.90. The van der Waals surface area contributed by atoms with Crippen molar-refractivity contribution in [3.63, 3.8) is 0 Å². The maximum absolute atomic E-state index is 10.4. The first-order valence-corrected chi connectivity index (χ1v) is 6.37. The summed E-state index contributed by atoms with van der Waals surface area (Å²) in [5.74, 6) is 0. The van der Waals surface area contributed by atoms with Crippen LogP contribution in [0, 0.1) is 0 Å². The third-order valence-electron chi connectivity index (χ3n) is 3.27. The highest BCUT2D eigenvalue weighted by molar-refractivity contribution is 6.33. The number of benzene rings is 1. The maximum Gasteiger partial charge on any atom is 0.101 e. The number of halogens is 3. The molecular formula is C12H13Cl3O. The van der Waals surface area contributed by atoms with Crippen LogP contribution in [0.25, 0.3) is 0 Å². The fourth-order valence-corrected chi connectivity index (χ4v) is 2.79. The van der Waals surface area contributed by atoms with Gasteiger partial charge in [0.25, 0.3) is 0 Å². The Morgan fingerprint density at radius 3 is 2.44 bits per heavy atom. The molecule has 1 aliphatic carbocycles. The zero-order valence-corrected chi connectivity index (χ0v) is 11.1. The third-order valence-corrected chi connectivity index (χ3v) is 5.03. The van der Waals surface area contributed by atoms with Crippen molar-refractivity contribution in [2.45, 2.75) is 35.6 Å². The van der Waals surface area contributed by atoms with Crippen LogP contribution in [0.15, 0.2) is 24.3 Å². The smallest absolute Gasteiger partial charge is 0.101 e. The van der Waals surface area contributed by atoms with Crippen LogP contribution in [-0.2, 0) is 0 Å². The van der Waals surface area contributed by atoms with Crippen molar-refractivity contribution in [1.29, 1.82) is 0 Å². The highest BCUT2D eigenvalue weighted by Crippen LogP contribution is 2.57. The Morgan fingerprint density at radius 2 is 1.94 bits per heavy atom. The molecule has 1 nitrogen and oxygen atoms in total. The van der Waals surface area contributed by atoms with Crippen molar-refractivity contribution in [1.82, 2.24) is 0 Å². The van der Waals surface area contributed by atoms with Gasteiger partial charge >= 0.3 is 0 Å². The average molecular weight is 280 g/mol. The quantitative estimate of drug-likeness (QED) is 0.824. The van der Waals surface area contributed by atoms with Crippen LogP contribution in [0.1, 0.15) is 30.7 Å². The predicted molar refractivity (Wildman–Crippen MR) is 68.5 cm³/mol. The molecule has 1 N–H and O–H groups in total. The molecule has 1 aromatic carbocycles. The summed E-state index contributed by atoms with van der Waals surface area (Å²) in [6, 6.07) is 7.26. The van der Waals surface area contributed by atoms with Crippen molar-refractivity contribution in [2.24, 2.45) is 0 Å². The number of aliphatic hydroxyl groups is 1. The van der Waals surface area contributed by atoms with E-state index in [2.05, 4.69) is 0 Å². The van der Waals surface area contributed by atoms with Gasteiger partial charge in [0.15, 0.2) is 0 Å². The lowest BCUT2D eigenvalue weighted by Crippen LogP contribution is -2.41. The molecule has 2 unspecified atom stereocenters. The summed E-state index contributed by atoms with van der Waals surface area (Å²) >= 11 is 18.6. The molecule has 1 aromatic rings. The summed E-state index contributed by atoms with van der Waals surface area (Å²) in [7, 11) is 0. The summed E-state index contributed by atoms with van der Waals surface area (Å²) in [6.45, 7) is 1.67. The normalized spacial score (nSPS) is 23.6. The van der Waals surface area contributed by atoms with E-state index < -0.39 is 15.9 Å². The molecule has 1 saturated carbocycles. The molecule has 1 fully saturated rings. The summed E-state index contributed by atoms with van der Waals surface area (Å²) in [5.41, 5.74) is -0.427. The van der Waals surface area contributed by atoms with E-state index in [1.54, 1.807) is 13.0 Å². The minimum Gasteiger partial charge on any atom is -0.386 e. The van der Waals surface area contributed by atoms with E-state index in [4.69, 9.17) is 34.8 Å². The first-order chi connectivity index (χ1) is 7.38. The van der Waals surface area contributed by atoms with Crippen LogP contribution in [0.5, 0.6) is 0 Å². The number of hydrogen-bond donors (Lipinski definition) is 1. The molecule has 16 heavy (non-hydrogen) atoms. The minimum absolute atomic E-state index is 0.559. The molecule has 0 saturated heterocycles. The summed E-state index contributed by atoms with van der Waals surface area (Å²) in [5, 5.41) is 10.4. The van der Waals surface area contributed by atoms with E-state index in [-0.39, 0.29) is 0 Å². The van der Waals surface area contributed by atoms with Gasteiger partial charge in [-0.15, -0.1) is 23.2 Å². The standard InChI is InChI=1S/C12H13Cl3O/c1-11(16,12(15)6-7-12)10(14)8-4-2-3-5-9(8)13/h2-5,10,16H,6-7H2,1H3. The van der Waals surface area contributed by atoms with Gasteiger partial charge in [0.2, 0.25) is 0 Å². The minimum atomic E-state index is -1.15. The Labute approximate surface area is 110 Å². The van der Waals surface area contributed by atoms with Crippen LogP contribution < -0.4 is 0 Å². The van der Waals surface area contributed by atoms with Gasteiger partial charge in [0.1, 0.15) is 5.60 Å². The molecule has 0 heterocycles. The van der Waals surface area contributed by atoms with Crippen LogP contribution in [0.3, 0.4) is 0 Å². The topological polar surface area (TPSA) is 20.2 Å². The second kappa shape index (κ2) is 4.06. The third kappa shape index (κ3) is 1.95. The predicted octanol–water partition coefficient (Wildman–Crippen LogP) is 4.14. The van der Waals surface area contributed by atoms with Gasteiger partial charge in [0, 0.05) is 5.02 Å². The lowest BCUT2D eigenvalue weighted by molar-refractivity contribution is 0.0423. The molecule has 0 aromatic heterocycles. The highest BCUT2D eigenvalue weighted by atomic mass is 35.5. The van der Waals surface area contributed by atoms with Gasteiger partial charge in [0.05, 0.1) is 10.3 Å². The SMILES string of the molecule is CC(O)(C(Cl)c1ccccc1Cl)C1(Cl)CC1. The first kappa shape index (κ1) is 12.5. The average Bonchev–Trinajstić information content (AvgIpc) is 2.98. The van der Waals surface area contributed by atoms with Crippen LogP contribution >= 0.6 is 34.8 Å². The highest BCUT2D eigenvalue weighted by Gasteiger charge is 2.58. The van der Waals surface area contributed by atoms with Gasteiger partial charge in [-0.1, -0.05) is 29.8 Å². The lowest BCUT2D eigenvalue weighted by Gasteiger charge is -2.33. The molecule has 0 spiro atoms. The first-order valence-electron chi connectivity index (χ1n) is 5.18. The Morgan fingerprint density at radius 1 is 1.38 bits per heavy atom. The van der Waals surface area contributed by atoms with Gasteiger partial charge in [-0.2, -0.15) is 0 Å². The van der Waals surface area contributed by atoms with Crippen LogP contribution in [0.4, 0.5) is 0 Å². The number of alkyl halides is 2. The Kier molecular flexibility index (Phi) is 3.17. The number of rotatable bonds is 3. The molecule has 0 radical (unpaired) electrons. The van der Waals surface area contributed by atoms with E-state index in [1.165, 1.54) is 0 Å². The molecule has 0 amide bonds. The van der Waals surface area contributed by atoms with Gasteiger partial charge in [-0.25, -0.2) is 0 Å². The van der Waals surface area contributed by atoms with Gasteiger partial charge < -0.3 is 5.11 Å². The Balaban J connectivity index is 2.32. The van der Waals surface area contributed by atoms with Crippen molar-refractivity contribution >= 4 is 34.8 Å². The second-order valence-corrected chi connectivity index (χ2v) is 6.06. The molecule has 4 heteroatoms. The van der Waals surface area contributed by atoms with Crippen molar-refractivity contribution in [3.8, 4) is 0 Å². The molecular weight excluding hydrogens is 266 g/mol. The van der Waals surface area contributed by atoms with E-state index in [9.17, 15) is 5.11 Å². The zero-order chi connectivity index (χ0) is 12.0. The largest absolute Gasteiger partial charge is 0.386 e. The summed E-state index contributed by atoms with van der Waals surface area (Å²) in [6.07, 6.45) is 1.57. The van der Waals surface area contributed by atoms with Crippen LogP contribution in [-0.4, -0.2) is 15.6 Å².